The molecule has 24 heavy (non-hydrogen) atoms. The Bertz CT molecular complexity index is 564. The molecule has 1 fully saturated rings. The van der Waals surface area contributed by atoms with Crippen LogP contribution in [-0.4, -0.2) is 18.2 Å². The van der Waals surface area contributed by atoms with Gasteiger partial charge >= 0.3 is 0 Å². The molecule has 1 atom stereocenters. The van der Waals surface area contributed by atoms with Crippen molar-refractivity contribution in [3.05, 3.63) is 65.7 Å². The molecule has 0 aromatic heterocycles. The number of nitrogens with one attached hydrogen (secondary N) is 1. The maximum atomic E-state index is 10.1. The highest BCUT2D eigenvalue weighted by molar-refractivity contribution is 5.29. The highest BCUT2D eigenvalue weighted by atomic mass is 16.5. The van der Waals surface area contributed by atoms with E-state index < -0.39 is 6.10 Å². The zero-order valence-corrected chi connectivity index (χ0v) is 14.7. The van der Waals surface area contributed by atoms with Crippen LogP contribution in [0.5, 0.6) is 5.75 Å². The van der Waals surface area contributed by atoms with Gasteiger partial charge in [-0.25, -0.2) is 0 Å². The van der Waals surface area contributed by atoms with E-state index in [0.717, 1.165) is 29.3 Å². The van der Waals surface area contributed by atoms with E-state index in [-0.39, 0.29) is 0 Å². The maximum absolute atomic E-state index is 10.1. The van der Waals surface area contributed by atoms with E-state index in [4.69, 9.17) is 4.74 Å². The van der Waals surface area contributed by atoms with Gasteiger partial charge in [-0.15, -0.1) is 0 Å². The van der Waals surface area contributed by atoms with Crippen LogP contribution in [0, 0.1) is 5.92 Å². The van der Waals surface area contributed by atoms with Crippen LogP contribution in [0.4, 0.5) is 0 Å². The molecule has 2 aromatic carbocycles. The predicted octanol–water partition coefficient (Wildman–Crippen LogP) is 4.32. The van der Waals surface area contributed by atoms with Crippen molar-refractivity contribution in [1.82, 2.24) is 5.32 Å². The summed E-state index contributed by atoms with van der Waals surface area (Å²) in [5, 5.41) is 13.5. The van der Waals surface area contributed by atoms with Crippen molar-refractivity contribution in [2.75, 3.05) is 13.1 Å². The van der Waals surface area contributed by atoms with Gasteiger partial charge in [0.15, 0.2) is 0 Å². The second kappa shape index (κ2) is 10.1. The number of rotatable bonds is 8. The van der Waals surface area contributed by atoms with E-state index in [0.29, 0.717) is 13.2 Å². The summed E-state index contributed by atoms with van der Waals surface area (Å²) in [6.07, 6.45) is 2.20. The van der Waals surface area contributed by atoms with Crippen molar-refractivity contribution in [2.24, 2.45) is 5.92 Å². The number of benzene rings is 2. The minimum Gasteiger partial charge on any atom is -0.489 e. The molecule has 0 saturated heterocycles. The number of aliphatic hydroxyl groups excluding tert-OH is 1. The average molecular weight is 327 g/mol. The standard InChI is InChI=1S/C19H23NO2.C2H6/c21-19(13-20-12-15-6-7-15)17-8-10-18(11-9-17)22-14-16-4-2-1-3-5-16;1-2/h1-5,8-11,15,19-21H,6-7,12-14H2;1-2H3. The number of ether oxygens (including phenoxy) is 1. The number of hydrogen-bond donors (Lipinski definition) is 2. The van der Waals surface area contributed by atoms with Crippen LogP contribution in [0.2, 0.25) is 0 Å². The normalized spacial score (nSPS) is 14.5. The fraction of sp³-hybridized carbons (Fsp3) is 0.429. The van der Waals surface area contributed by atoms with E-state index in [9.17, 15) is 5.11 Å². The van der Waals surface area contributed by atoms with Crippen molar-refractivity contribution >= 4 is 0 Å². The molecular formula is C21H29NO2. The highest BCUT2D eigenvalue weighted by Gasteiger charge is 2.20. The van der Waals surface area contributed by atoms with Gasteiger partial charge in [0.1, 0.15) is 12.4 Å². The van der Waals surface area contributed by atoms with Gasteiger partial charge in [0, 0.05) is 6.54 Å². The topological polar surface area (TPSA) is 41.5 Å². The molecule has 1 aliphatic rings. The molecule has 0 heterocycles. The molecule has 3 heteroatoms. The lowest BCUT2D eigenvalue weighted by Gasteiger charge is -2.13. The summed E-state index contributed by atoms with van der Waals surface area (Å²) in [5.41, 5.74) is 2.08. The first-order valence-corrected chi connectivity index (χ1v) is 8.97. The van der Waals surface area contributed by atoms with Gasteiger partial charge in [-0.2, -0.15) is 0 Å². The van der Waals surface area contributed by atoms with Crippen LogP contribution in [0.15, 0.2) is 54.6 Å². The Kier molecular flexibility index (Phi) is 7.80. The number of aliphatic hydroxyl groups is 1. The summed E-state index contributed by atoms with van der Waals surface area (Å²) < 4.78 is 5.75. The molecule has 0 radical (unpaired) electrons. The van der Waals surface area contributed by atoms with Crippen molar-refractivity contribution < 1.29 is 9.84 Å². The quantitative estimate of drug-likeness (QED) is 0.758. The molecule has 0 aliphatic heterocycles. The fourth-order valence-electron chi connectivity index (χ4n) is 2.39. The molecule has 1 unspecified atom stereocenters. The SMILES string of the molecule is CC.OC(CNCC1CC1)c1ccc(OCc2ccccc2)cc1. The Morgan fingerprint density at radius 1 is 1.04 bits per heavy atom. The Hall–Kier alpha value is -1.84. The lowest BCUT2D eigenvalue weighted by molar-refractivity contribution is 0.174. The first kappa shape index (κ1) is 18.5. The molecule has 1 saturated carbocycles. The lowest BCUT2D eigenvalue weighted by Crippen LogP contribution is -2.23. The zero-order chi connectivity index (χ0) is 17.2. The van der Waals surface area contributed by atoms with E-state index in [1.54, 1.807) is 0 Å². The van der Waals surface area contributed by atoms with Crippen molar-refractivity contribution in [1.29, 1.82) is 0 Å². The molecule has 0 bridgehead atoms. The fourth-order valence-corrected chi connectivity index (χ4v) is 2.39. The molecule has 2 aromatic rings. The molecule has 3 rings (SSSR count). The molecule has 3 nitrogen and oxygen atoms in total. The summed E-state index contributed by atoms with van der Waals surface area (Å²) in [4.78, 5) is 0. The van der Waals surface area contributed by atoms with Gasteiger partial charge < -0.3 is 15.2 Å². The molecule has 130 valence electrons. The zero-order valence-electron chi connectivity index (χ0n) is 14.7. The van der Waals surface area contributed by atoms with E-state index >= 15 is 0 Å². The first-order valence-electron chi connectivity index (χ1n) is 8.97. The number of hydrogen-bond acceptors (Lipinski definition) is 3. The average Bonchev–Trinajstić information content (AvgIpc) is 3.47. The van der Waals surface area contributed by atoms with Crippen LogP contribution >= 0.6 is 0 Å². The summed E-state index contributed by atoms with van der Waals surface area (Å²) in [7, 11) is 0. The van der Waals surface area contributed by atoms with Crippen LogP contribution in [0.25, 0.3) is 0 Å². The predicted molar refractivity (Wildman–Crippen MR) is 99.1 cm³/mol. The van der Waals surface area contributed by atoms with Crippen molar-refractivity contribution in [3.8, 4) is 5.75 Å². The van der Waals surface area contributed by atoms with Crippen LogP contribution < -0.4 is 10.1 Å². The highest BCUT2D eigenvalue weighted by Crippen LogP contribution is 2.27. The van der Waals surface area contributed by atoms with Gasteiger partial charge in [-0.3, -0.25) is 0 Å². The van der Waals surface area contributed by atoms with Crippen LogP contribution in [-0.2, 0) is 6.61 Å². The Labute approximate surface area is 145 Å². The molecule has 0 amide bonds. The smallest absolute Gasteiger partial charge is 0.119 e. The summed E-state index contributed by atoms with van der Waals surface area (Å²) in [6.45, 7) is 6.20. The van der Waals surface area contributed by atoms with Crippen LogP contribution in [0.3, 0.4) is 0 Å². The van der Waals surface area contributed by atoms with Gasteiger partial charge in [0.25, 0.3) is 0 Å². The third-order valence-electron chi connectivity index (χ3n) is 3.98. The minimum absolute atomic E-state index is 0.457. The molecular weight excluding hydrogens is 298 g/mol. The van der Waals surface area contributed by atoms with Gasteiger partial charge in [0.05, 0.1) is 6.10 Å². The van der Waals surface area contributed by atoms with Gasteiger partial charge in [-0.1, -0.05) is 56.3 Å². The maximum Gasteiger partial charge on any atom is 0.119 e. The summed E-state index contributed by atoms with van der Waals surface area (Å²) in [6, 6.07) is 17.8. The third-order valence-corrected chi connectivity index (χ3v) is 3.98. The monoisotopic (exact) mass is 327 g/mol. The third kappa shape index (κ3) is 6.34. The molecule has 1 aliphatic carbocycles. The summed E-state index contributed by atoms with van der Waals surface area (Å²) in [5.74, 6) is 1.66. The van der Waals surface area contributed by atoms with Gasteiger partial charge in [-0.05, 0) is 48.6 Å². The minimum atomic E-state index is -0.457. The van der Waals surface area contributed by atoms with Crippen molar-refractivity contribution in [3.63, 3.8) is 0 Å². The van der Waals surface area contributed by atoms with Crippen molar-refractivity contribution in [2.45, 2.75) is 39.4 Å². The lowest BCUT2D eigenvalue weighted by atomic mass is 10.1. The van der Waals surface area contributed by atoms with E-state index in [2.05, 4.69) is 5.32 Å². The second-order valence-electron chi connectivity index (χ2n) is 5.96. The van der Waals surface area contributed by atoms with Gasteiger partial charge in [0.2, 0.25) is 0 Å². The van der Waals surface area contributed by atoms with Crippen LogP contribution in [0.1, 0.15) is 43.9 Å². The largest absolute Gasteiger partial charge is 0.489 e. The molecule has 0 spiro atoms. The first-order chi connectivity index (χ1) is 11.8. The van der Waals surface area contributed by atoms with E-state index in [1.165, 1.54) is 12.8 Å². The Morgan fingerprint density at radius 3 is 2.33 bits per heavy atom. The Balaban J connectivity index is 0.00000100. The second-order valence-corrected chi connectivity index (χ2v) is 5.96. The summed E-state index contributed by atoms with van der Waals surface area (Å²) >= 11 is 0. The Morgan fingerprint density at radius 2 is 1.71 bits per heavy atom. The molecule has 2 N–H and O–H groups in total. The van der Waals surface area contributed by atoms with E-state index in [1.807, 2.05) is 68.4 Å².